The molecule has 13 aromatic rings. The van der Waals surface area contributed by atoms with Crippen molar-refractivity contribution in [1.29, 1.82) is 0 Å². The lowest BCUT2D eigenvalue weighted by atomic mass is 9.82. The summed E-state index contributed by atoms with van der Waals surface area (Å²) in [7, 11) is 0. The van der Waals surface area contributed by atoms with Gasteiger partial charge in [0.25, 0.3) is 0 Å². The van der Waals surface area contributed by atoms with E-state index in [0.717, 1.165) is 66.9 Å². The molecule has 0 unspecified atom stereocenters. The van der Waals surface area contributed by atoms with Crippen molar-refractivity contribution in [3.63, 3.8) is 0 Å². The summed E-state index contributed by atoms with van der Waals surface area (Å²) in [6.07, 6.45) is 0. The molecule has 0 saturated carbocycles. The first kappa shape index (κ1) is 41.8. The number of anilines is 3. The highest BCUT2D eigenvalue weighted by atomic mass is 16.3. The Hall–Kier alpha value is -9.18. The van der Waals surface area contributed by atoms with Crippen molar-refractivity contribution in [1.82, 2.24) is 4.57 Å². The molecule has 3 heteroatoms. The predicted octanol–water partition coefficient (Wildman–Crippen LogP) is 19.1. The van der Waals surface area contributed by atoms with Crippen molar-refractivity contribution in [2.24, 2.45) is 0 Å². The van der Waals surface area contributed by atoms with Gasteiger partial charge in [0.2, 0.25) is 0 Å². The van der Waals surface area contributed by atoms with Gasteiger partial charge in [-0.05, 0) is 128 Å². The molecule has 1 aliphatic rings. The molecule has 14 rings (SSSR count). The number of benzene rings is 11. The van der Waals surface area contributed by atoms with Gasteiger partial charge in [-0.2, -0.15) is 0 Å². The van der Waals surface area contributed by atoms with Crippen LogP contribution in [-0.2, 0) is 5.41 Å². The average Bonchev–Trinajstić information content (AvgIpc) is 4.07. The highest BCUT2D eigenvalue weighted by molar-refractivity contribution is 6.13. The van der Waals surface area contributed by atoms with E-state index in [1.165, 1.54) is 66.4 Å². The fourth-order valence-corrected chi connectivity index (χ4v) is 11.6. The Morgan fingerprint density at radius 1 is 0.333 bits per heavy atom. The number of hydrogen-bond acceptors (Lipinski definition) is 2. The van der Waals surface area contributed by atoms with Crippen LogP contribution >= 0.6 is 0 Å². The molecule has 0 atom stereocenters. The third-order valence-electron chi connectivity index (χ3n) is 15.2. The minimum atomic E-state index is -0.106. The Balaban J connectivity index is 0.794. The summed E-state index contributed by atoms with van der Waals surface area (Å²) in [4.78, 5) is 2.40. The van der Waals surface area contributed by atoms with E-state index in [0.29, 0.717) is 0 Å². The lowest BCUT2D eigenvalue weighted by Crippen LogP contribution is -2.16. The van der Waals surface area contributed by atoms with Crippen molar-refractivity contribution in [3.8, 4) is 61.3 Å². The zero-order valence-corrected chi connectivity index (χ0v) is 40.1. The van der Waals surface area contributed by atoms with Crippen LogP contribution in [0.1, 0.15) is 25.0 Å². The average molecular weight is 921 g/mol. The number of para-hydroxylation sites is 3. The number of furan rings is 1. The fraction of sp³-hybridized carbons (Fsp3) is 0.0435. The zero-order valence-electron chi connectivity index (χ0n) is 40.1. The van der Waals surface area contributed by atoms with Crippen molar-refractivity contribution < 1.29 is 4.42 Å². The number of rotatable bonds is 8. The predicted molar refractivity (Wildman–Crippen MR) is 302 cm³/mol. The summed E-state index contributed by atoms with van der Waals surface area (Å²) in [5, 5.41) is 4.72. The van der Waals surface area contributed by atoms with E-state index < -0.39 is 0 Å². The third kappa shape index (κ3) is 6.73. The Morgan fingerprint density at radius 2 is 0.861 bits per heavy atom. The van der Waals surface area contributed by atoms with Crippen LogP contribution in [0.15, 0.2) is 259 Å². The van der Waals surface area contributed by atoms with E-state index in [1.54, 1.807) is 0 Å². The molecular formula is C69H48N2O. The van der Waals surface area contributed by atoms with E-state index in [2.05, 4.69) is 272 Å². The first-order valence-electron chi connectivity index (χ1n) is 24.9. The molecule has 0 bridgehead atoms. The lowest BCUT2D eigenvalue weighted by molar-refractivity contribution is 0.660. The molecule has 0 radical (unpaired) electrons. The molecule has 0 N–H and O–H groups in total. The SMILES string of the molecule is CC1(C)c2ccccc2-c2ccc(N(c3ccc(-c4ccccc4)cc3)c3ccc(-c4ccc(-c5cccc(-n6c7ccccc7c7ccc(-c8cccc9c8oc8ccccc89)cc76)c5)cc4)cc3)cc21. The molecule has 0 spiro atoms. The number of hydrogen-bond donors (Lipinski definition) is 0. The molecule has 1 aliphatic carbocycles. The quantitative estimate of drug-likeness (QED) is 0.151. The van der Waals surface area contributed by atoms with E-state index in [9.17, 15) is 0 Å². The van der Waals surface area contributed by atoms with Gasteiger partial charge in [0, 0.05) is 55.3 Å². The second kappa shape index (κ2) is 16.5. The van der Waals surface area contributed by atoms with Crippen molar-refractivity contribution >= 4 is 60.8 Å². The van der Waals surface area contributed by atoms with Crippen molar-refractivity contribution in [2.45, 2.75) is 19.3 Å². The van der Waals surface area contributed by atoms with Crippen LogP contribution in [0.4, 0.5) is 17.1 Å². The molecular weight excluding hydrogens is 873 g/mol. The number of fused-ring (bicyclic) bond motifs is 9. The first-order valence-corrected chi connectivity index (χ1v) is 24.9. The third-order valence-corrected chi connectivity index (χ3v) is 15.2. The van der Waals surface area contributed by atoms with Crippen LogP contribution in [0.3, 0.4) is 0 Å². The summed E-state index contributed by atoms with van der Waals surface area (Å²) in [5.41, 5.74) is 23.2. The highest BCUT2D eigenvalue weighted by Gasteiger charge is 2.35. The smallest absolute Gasteiger partial charge is 0.143 e. The summed E-state index contributed by atoms with van der Waals surface area (Å²) in [6.45, 7) is 4.70. The van der Waals surface area contributed by atoms with Gasteiger partial charge in [-0.3, -0.25) is 0 Å². The summed E-state index contributed by atoms with van der Waals surface area (Å²) >= 11 is 0. The maximum Gasteiger partial charge on any atom is 0.143 e. The van der Waals surface area contributed by atoms with Crippen LogP contribution in [-0.4, -0.2) is 4.57 Å². The van der Waals surface area contributed by atoms with Crippen LogP contribution in [0.25, 0.3) is 105 Å². The van der Waals surface area contributed by atoms with Gasteiger partial charge in [-0.25, -0.2) is 0 Å². The molecule has 2 heterocycles. The molecule has 0 aliphatic heterocycles. The zero-order chi connectivity index (χ0) is 47.9. The summed E-state index contributed by atoms with van der Waals surface area (Å²) in [6, 6.07) is 92.8. The van der Waals surface area contributed by atoms with E-state index >= 15 is 0 Å². The minimum absolute atomic E-state index is 0.106. The summed E-state index contributed by atoms with van der Waals surface area (Å²) in [5.74, 6) is 0. The molecule has 11 aromatic carbocycles. The second-order valence-electron chi connectivity index (χ2n) is 19.7. The number of aromatic nitrogens is 1. The minimum Gasteiger partial charge on any atom is -0.455 e. The van der Waals surface area contributed by atoms with Crippen molar-refractivity contribution in [2.75, 3.05) is 4.90 Å². The van der Waals surface area contributed by atoms with Crippen LogP contribution in [0, 0.1) is 0 Å². The van der Waals surface area contributed by atoms with Gasteiger partial charge in [0.05, 0.1) is 11.0 Å². The van der Waals surface area contributed by atoms with Gasteiger partial charge in [0.1, 0.15) is 11.2 Å². The highest BCUT2D eigenvalue weighted by Crippen LogP contribution is 2.51. The topological polar surface area (TPSA) is 21.3 Å². The van der Waals surface area contributed by atoms with E-state index in [1.807, 2.05) is 6.07 Å². The van der Waals surface area contributed by atoms with Gasteiger partial charge in [-0.1, -0.05) is 202 Å². The molecule has 2 aromatic heterocycles. The molecule has 72 heavy (non-hydrogen) atoms. The standard InChI is InChI=1S/C69H48N2O/c1-69(2)63-23-9-6-18-57(63)58-41-39-55(44-64(58)69)70(52-35-30-47(31-36-52)45-14-4-3-5-15-45)53-37-32-48(33-38-53)46-26-28-49(29-27-46)50-16-12-17-54(42-50)71-65-24-10-7-19-59(65)60-40-34-51(43-66(60)71)56-21-13-22-62-61-20-8-11-25-67(61)72-68(56)62/h3-44H,1-2H3. The normalized spacial score (nSPS) is 12.7. The van der Waals surface area contributed by atoms with Gasteiger partial charge >= 0.3 is 0 Å². The monoisotopic (exact) mass is 920 g/mol. The summed E-state index contributed by atoms with van der Waals surface area (Å²) < 4.78 is 8.92. The van der Waals surface area contributed by atoms with E-state index in [-0.39, 0.29) is 5.41 Å². The molecule has 0 saturated heterocycles. The maximum absolute atomic E-state index is 6.51. The Labute approximate surface area is 419 Å². The molecule has 340 valence electrons. The van der Waals surface area contributed by atoms with Crippen LogP contribution in [0.2, 0.25) is 0 Å². The first-order chi connectivity index (χ1) is 35.4. The molecule has 0 amide bonds. The van der Waals surface area contributed by atoms with Gasteiger partial charge in [-0.15, -0.1) is 0 Å². The largest absolute Gasteiger partial charge is 0.455 e. The van der Waals surface area contributed by atoms with Gasteiger partial charge < -0.3 is 13.9 Å². The molecule has 0 fully saturated rings. The second-order valence-corrected chi connectivity index (χ2v) is 19.7. The lowest BCUT2D eigenvalue weighted by Gasteiger charge is -2.28. The number of nitrogens with zero attached hydrogens (tertiary/aromatic N) is 2. The fourth-order valence-electron chi connectivity index (χ4n) is 11.6. The van der Waals surface area contributed by atoms with Gasteiger partial charge in [0.15, 0.2) is 0 Å². The maximum atomic E-state index is 6.51. The van der Waals surface area contributed by atoms with E-state index in [4.69, 9.17) is 4.42 Å². The van der Waals surface area contributed by atoms with Crippen molar-refractivity contribution in [3.05, 3.63) is 266 Å². The van der Waals surface area contributed by atoms with Crippen LogP contribution < -0.4 is 4.90 Å². The Morgan fingerprint density at radius 3 is 1.62 bits per heavy atom. The Kier molecular flexibility index (Phi) is 9.56. The molecule has 3 nitrogen and oxygen atoms in total. The Bertz CT molecular complexity index is 4210. The van der Waals surface area contributed by atoms with Crippen LogP contribution in [0.5, 0.6) is 0 Å².